The number of methoxy groups -OCH3 is 1. The van der Waals surface area contributed by atoms with Crippen LogP contribution in [0.3, 0.4) is 0 Å². The summed E-state index contributed by atoms with van der Waals surface area (Å²) in [6, 6.07) is 12.6. The van der Waals surface area contributed by atoms with Crippen LogP contribution in [0, 0.1) is 0 Å². The summed E-state index contributed by atoms with van der Waals surface area (Å²) in [6.45, 7) is 3.64. The molecule has 0 heterocycles. The summed E-state index contributed by atoms with van der Waals surface area (Å²) < 4.78 is 10.8. The Kier molecular flexibility index (Phi) is 4.90. The highest BCUT2D eigenvalue weighted by atomic mass is 32.2. The fourth-order valence-corrected chi connectivity index (χ4v) is 2.95. The van der Waals surface area contributed by atoms with Crippen LogP contribution in [-0.4, -0.2) is 26.1 Å². The molecule has 0 radical (unpaired) electrons. The molecular weight excluding hydrogens is 244 g/mol. The van der Waals surface area contributed by atoms with Gasteiger partial charge in [0.05, 0.1) is 13.7 Å². The third kappa shape index (κ3) is 2.98. The highest BCUT2D eigenvalue weighted by Crippen LogP contribution is 2.29. The second-order valence-corrected chi connectivity index (χ2v) is 5.16. The predicted molar refractivity (Wildman–Crippen MR) is 78.9 cm³/mol. The molecular formula is C15H19O2S+. The van der Waals surface area contributed by atoms with Gasteiger partial charge in [-0.3, -0.25) is 0 Å². The summed E-state index contributed by atoms with van der Waals surface area (Å²) in [6.07, 6.45) is 0. The zero-order valence-electron chi connectivity index (χ0n) is 10.8. The maximum absolute atomic E-state index is 5.40. The van der Waals surface area contributed by atoms with Crippen molar-refractivity contribution in [3.63, 3.8) is 0 Å². The number of thiol groups is 1. The van der Waals surface area contributed by atoms with E-state index in [0.29, 0.717) is 0 Å². The quantitative estimate of drug-likeness (QED) is 0.453. The first-order valence-electron chi connectivity index (χ1n) is 6.17. The molecule has 0 unspecified atom stereocenters. The van der Waals surface area contributed by atoms with Crippen molar-refractivity contribution < 1.29 is 9.47 Å². The molecule has 0 bridgehead atoms. The van der Waals surface area contributed by atoms with Gasteiger partial charge in [0.25, 0.3) is 0 Å². The summed E-state index contributed by atoms with van der Waals surface area (Å²) in [5.41, 5.74) is 0. The summed E-state index contributed by atoms with van der Waals surface area (Å²) in [7, 11) is 1.72. The number of rotatable bonds is 6. The van der Waals surface area contributed by atoms with Crippen LogP contribution in [0.4, 0.5) is 0 Å². The van der Waals surface area contributed by atoms with E-state index in [0.717, 1.165) is 24.7 Å². The summed E-state index contributed by atoms with van der Waals surface area (Å²) in [4.78, 5) is 1.34. The fraction of sp³-hybridized carbons (Fsp3) is 0.333. The van der Waals surface area contributed by atoms with E-state index in [9.17, 15) is 0 Å². The molecule has 0 saturated heterocycles. The normalized spacial score (nSPS) is 10.8. The van der Waals surface area contributed by atoms with Gasteiger partial charge in [0, 0.05) is 29.1 Å². The van der Waals surface area contributed by atoms with Crippen LogP contribution in [0.15, 0.2) is 41.3 Å². The smallest absolute Gasteiger partial charge is 0.160 e. The van der Waals surface area contributed by atoms with Crippen LogP contribution in [0.2, 0.25) is 0 Å². The van der Waals surface area contributed by atoms with Crippen LogP contribution in [0.5, 0.6) is 5.75 Å². The first-order valence-corrected chi connectivity index (χ1v) is 7.25. The molecule has 2 aromatic rings. The van der Waals surface area contributed by atoms with Crippen LogP contribution < -0.4 is 4.74 Å². The predicted octanol–water partition coefficient (Wildman–Crippen LogP) is 3.06. The number of hydrogen-bond donors (Lipinski definition) is 0. The van der Waals surface area contributed by atoms with Crippen LogP contribution in [0.1, 0.15) is 6.92 Å². The largest absolute Gasteiger partial charge is 0.496 e. The van der Waals surface area contributed by atoms with E-state index in [-0.39, 0.29) is 0 Å². The molecule has 96 valence electrons. The standard InChI is InChI=1S/C15H18O2S/c1-3-17-10-11-18-15-9-8-14(16-2)12-6-4-5-7-13(12)15/h4-9H,3,10-11H2,1-2H3/p+1. The highest BCUT2D eigenvalue weighted by molar-refractivity contribution is 7.78. The Morgan fingerprint density at radius 2 is 1.83 bits per heavy atom. The second-order valence-electron chi connectivity index (χ2n) is 3.91. The second kappa shape index (κ2) is 6.66. The molecule has 0 aromatic heterocycles. The van der Waals surface area contributed by atoms with Gasteiger partial charge < -0.3 is 9.47 Å². The lowest BCUT2D eigenvalue weighted by Crippen LogP contribution is -2.02. The molecule has 0 aliphatic heterocycles. The van der Waals surface area contributed by atoms with E-state index in [1.165, 1.54) is 27.4 Å². The maximum Gasteiger partial charge on any atom is 0.160 e. The average molecular weight is 263 g/mol. The molecule has 0 fully saturated rings. The van der Waals surface area contributed by atoms with E-state index in [4.69, 9.17) is 9.47 Å². The molecule has 2 rings (SSSR count). The lowest BCUT2D eigenvalue weighted by Gasteiger charge is -2.06. The van der Waals surface area contributed by atoms with Crippen molar-refractivity contribution in [1.29, 1.82) is 0 Å². The minimum Gasteiger partial charge on any atom is -0.496 e. The van der Waals surface area contributed by atoms with Gasteiger partial charge in [0.1, 0.15) is 11.5 Å². The van der Waals surface area contributed by atoms with Gasteiger partial charge in [0.2, 0.25) is 0 Å². The molecule has 0 aliphatic rings. The number of hydrogen-bond acceptors (Lipinski definition) is 2. The van der Waals surface area contributed by atoms with E-state index in [2.05, 4.69) is 24.3 Å². The Morgan fingerprint density at radius 3 is 2.56 bits per heavy atom. The van der Waals surface area contributed by atoms with Crippen LogP contribution in [0.25, 0.3) is 10.8 Å². The first kappa shape index (κ1) is 13.2. The third-order valence-electron chi connectivity index (χ3n) is 2.80. The van der Waals surface area contributed by atoms with Crippen molar-refractivity contribution in [2.75, 3.05) is 26.1 Å². The summed E-state index contributed by atoms with van der Waals surface area (Å²) >= 11 is 1.31. The molecule has 2 nitrogen and oxygen atoms in total. The van der Waals surface area contributed by atoms with Gasteiger partial charge in [-0.2, -0.15) is 0 Å². The van der Waals surface area contributed by atoms with Gasteiger partial charge in [-0.05, 0) is 25.1 Å². The van der Waals surface area contributed by atoms with Gasteiger partial charge in [0.15, 0.2) is 4.90 Å². The Hall–Kier alpha value is -1.19. The molecule has 18 heavy (non-hydrogen) atoms. The SMILES string of the molecule is CCOCC[SH+]c1ccc(OC)c2ccccc12. The zero-order chi connectivity index (χ0) is 12.8. The maximum atomic E-state index is 5.40. The number of benzene rings is 2. The number of ether oxygens (including phenoxy) is 2. The van der Waals surface area contributed by atoms with Gasteiger partial charge in [-0.25, -0.2) is 0 Å². The topological polar surface area (TPSA) is 18.5 Å². The minimum absolute atomic E-state index is 0.791. The molecule has 3 heteroatoms. The Bertz CT molecular complexity index is 511. The van der Waals surface area contributed by atoms with Gasteiger partial charge in [-0.1, -0.05) is 18.2 Å². The zero-order valence-corrected chi connectivity index (χ0v) is 11.7. The molecule has 0 amide bonds. The summed E-state index contributed by atoms with van der Waals surface area (Å²) in [5.74, 6) is 1.97. The molecule has 0 aliphatic carbocycles. The van der Waals surface area contributed by atoms with Crippen molar-refractivity contribution >= 4 is 22.5 Å². The molecule has 0 spiro atoms. The van der Waals surface area contributed by atoms with Crippen LogP contribution in [-0.2, 0) is 16.5 Å². The Morgan fingerprint density at radius 1 is 1.06 bits per heavy atom. The third-order valence-corrected chi connectivity index (χ3v) is 3.94. The number of fused-ring (bicyclic) bond motifs is 1. The van der Waals surface area contributed by atoms with Crippen molar-refractivity contribution in [2.45, 2.75) is 11.8 Å². The first-order chi connectivity index (χ1) is 8.86. The highest BCUT2D eigenvalue weighted by Gasteiger charge is 2.11. The lowest BCUT2D eigenvalue weighted by molar-refractivity contribution is 0.164. The molecule has 0 N–H and O–H groups in total. The van der Waals surface area contributed by atoms with E-state index in [1.807, 2.05) is 19.1 Å². The van der Waals surface area contributed by atoms with Crippen molar-refractivity contribution in [2.24, 2.45) is 0 Å². The Balaban J connectivity index is 2.23. The van der Waals surface area contributed by atoms with E-state index < -0.39 is 0 Å². The minimum atomic E-state index is 0.791. The van der Waals surface area contributed by atoms with Crippen molar-refractivity contribution in [1.82, 2.24) is 0 Å². The van der Waals surface area contributed by atoms with Crippen LogP contribution >= 0.6 is 0 Å². The Labute approximate surface area is 112 Å². The van der Waals surface area contributed by atoms with E-state index >= 15 is 0 Å². The molecule has 2 aromatic carbocycles. The van der Waals surface area contributed by atoms with E-state index in [1.54, 1.807) is 7.11 Å². The summed E-state index contributed by atoms with van der Waals surface area (Å²) in [5, 5.41) is 2.46. The van der Waals surface area contributed by atoms with Crippen molar-refractivity contribution in [3.05, 3.63) is 36.4 Å². The fourth-order valence-electron chi connectivity index (χ4n) is 1.95. The monoisotopic (exact) mass is 263 g/mol. The molecule has 0 saturated carbocycles. The van der Waals surface area contributed by atoms with Gasteiger partial charge in [-0.15, -0.1) is 0 Å². The lowest BCUT2D eigenvalue weighted by atomic mass is 10.1. The van der Waals surface area contributed by atoms with Gasteiger partial charge >= 0.3 is 0 Å². The molecule has 0 atom stereocenters. The average Bonchev–Trinajstić information content (AvgIpc) is 2.43. The van der Waals surface area contributed by atoms with Crippen molar-refractivity contribution in [3.8, 4) is 5.75 Å².